The Kier molecular flexibility index (Phi) is 4.08. The fourth-order valence-corrected chi connectivity index (χ4v) is 2.30. The first-order chi connectivity index (χ1) is 10.8. The van der Waals surface area contributed by atoms with Gasteiger partial charge in [0.15, 0.2) is 11.5 Å². The van der Waals surface area contributed by atoms with Gasteiger partial charge in [0.05, 0.1) is 7.11 Å². The van der Waals surface area contributed by atoms with Crippen LogP contribution in [0, 0.1) is 0 Å². The van der Waals surface area contributed by atoms with E-state index < -0.39 is 5.97 Å². The van der Waals surface area contributed by atoms with Crippen LogP contribution in [0.1, 0.15) is 10.5 Å². The summed E-state index contributed by atoms with van der Waals surface area (Å²) >= 11 is 0. The molecule has 0 unspecified atom stereocenters. The Balaban J connectivity index is 1.63. The molecule has 0 aromatic carbocycles. The molecule has 1 aliphatic heterocycles. The number of anilines is 2. The first kappa shape index (κ1) is 14.2. The van der Waals surface area contributed by atoms with Gasteiger partial charge in [0, 0.05) is 38.6 Å². The Morgan fingerprint density at radius 2 is 1.73 bits per heavy atom. The predicted molar refractivity (Wildman–Crippen MR) is 79.8 cm³/mol. The highest BCUT2D eigenvalue weighted by Gasteiger charge is 2.20. The Morgan fingerprint density at radius 3 is 2.32 bits per heavy atom. The van der Waals surface area contributed by atoms with E-state index in [0.29, 0.717) is 0 Å². The summed E-state index contributed by atoms with van der Waals surface area (Å²) in [6, 6.07) is 5.22. The molecule has 0 aliphatic carbocycles. The molecule has 0 saturated carbocycles. The van der Waals surface area contributed by atoms with Crippen LogP contribution in [0.15, 0.2) is 30.6 Å². The standard InChI is InChI=1S/C14H16N6O2/c1-22-13(21)11-3-4-12(18-17-11)19-7-9-20(10-8-19)14-15-5-2-6-16-14/h2-6H,7-10H2,1H3. The fourth-order valence-electron chi connectivity index (χ4n) is 2.30. The van der Waals surface area contributed by atoms with E-state index in [4.69, 9.17) is 0 Å². The van der Waals surface area contributed by atoms with Crippen LogP contribution in [0.4, 0.5) is 11.8 Å². The summed E-state index contributed by atoms with van der Waals surface area (Å²) in [5.74, 6) is 1.01. The normalized spacial score (nSPS) is 14.8. The number of carbonyl (C=O) groups excluding carboxylic acids is 1. The molecule has 1 aliphatic rings. The van der Waals surface area contributed by atoms with Gasteiger partial charge in [-0.3, -0.25) is 0 Å². The summed E-state index contributed by atoms with van der Waals surface area (Å²) in [4.78, 5) is 24.1. The zero-order chi connectivity index (χ0) is 15.4. The van der Waals surface area contributed by atoms with E-state index in [1.807, 2.05) is 0 Å². The second kappa shape index (κ2) is 6.33. The molecule has 8 nitrogen and oxygen atoms in total. The summed E-state index contributed by atoms with van der Waals surface area (Å²) in [5.41, 5.74) is 0.211. The van der Waals surface area contributed by atoms with Crippen LogP contribution in [0.3, 0.4) is 0 Å². The van der Waals surface area contributed by atoms with E-state index in [9.17, 15) is 4.79 Å². The Hall–Kier alpha value is -2.77. The number of piperazine rings is 1. The molecule has 0 atom stereocenters. The lowest BCUT2D eigenvalue weighted by atomic mass is 10.3. The molecule has 0 spiro atoms. The van der Waals surface area contributed by atoms with Gasteiger partial charge >= 0.3 is 5.97 Å². The van der Waals surface area contributed by atoms with E-state index in [2.05, 4.69) is 34.7 Å². The van der Waals surface area contributed by atoms with Gasteiger partial charge < -0.3 is 14.5 Å². The quantitative estimate of drug-likeness (QED) is 0.752. The molecule has 8 heteroatoms. The van der Waals surface area contributed by atoms with Crippen molar-refractivity contribution in [3.05, 3.63) is 36.3 Å². The second-order valence-electron chi connectivity index (χ2n) is 4.79. The minimum Gasteiger partial charge on any atom is -0.464 e. The number of aromatic nitrogens is 4. The third-order valence-corrected chi connectivity index (χ3v) is 3.48. The minimum atomic E-state index is -0.481. The average molecular weight is 300 g/mol. The molecule has 3 rings (SSSR count). The van der Waals surface area contributed by atoms with Crippen molar-refractivity contribution in [1.29, 1.82) is 0 Å². The highest BCUT2D eigenvalue weighted by Crippen LogP contribution is 2.15. The molecule has 0 amide bonds. The lowest BCUT2D eigenvalue weighted by Crippen LogP contribution is -2.47. The smallest absolute Gasteiger partial charge is 0.358 e. The number of hydrogen-bond donors (Lipinski definition) is 0. The van der Waals surface area contributed by atoms with Crippen LogP contribution < -0.4 is 9.80 Å². The van der Waals surface area contributed by atoms with E-state index in [0.717, 1.165) is 37.9 Å². The SMILES string of the molecule is COC(=O)c1ccc(N2CCN(c3ncccn3)CC2)nn1. The van der Waals surface area contributed by atoms with Crippen molar-refractivity contribution in [3.8, 4) is 0 Å². The lowest BCUT2D eigenvalue weighted by Gasteiger charge is -2.35. The van der Waals surface area contributed by atoms with Crippen molar-refractivity contribution in [2.45, 2.75) is 0 Å². The molecule has 114 valence electrons. The van der Waals surface area contributed by atoms with Crippen molar-refractivity contribution in [2.24, 2.45) is 0 Å². The Bertz CT molecular complexity index is 626. The largest absolute Gasteiger partial charge is 0.464 e. The molecule has 0 N–H and O–H groups in total. The first-order valence-corrected chi connectivity index (χ1v) is 6.97. The predicted octanol–water partition coefficient (Wildman–Crippen LogP) is 0.380. The van der Waals surface area contributed by atoms with Crippen LogP contribution in [-0.4, -0.2) is 59.4 Å². The number of esters is 1. The molecule has 0 radical (unpaired) electrons. The average Bonchev–Trinajstić information content (AvgIpc) is 2.62. The van der Waals surface area contributed by atoms with Gasteiger partial charge in [-0.15, -0.1) is 10.2 Å². The topological polar surface area (TPSA) is 84.3 Å². The zero-order valence-electron chi connectivity index (χ0n) is 12.2. The minimum absolute atomic E-state index is 0.211. The van der Waals surface area contributed by atoms with E-state index in [1.54, 1.807) is 30.6 Å². The van der Waals surface area contributed by atoms with Gasteiger partial charge in [-0.25, -0.2) is 14.8 Å². The van der Waals surface area contributed by atoms with Crippen molar-refractivity contribution in [1.82, 2.24) is 20.2 Å². The summed E-state index contributed by atoms with van der Waals surface area (Å²) in [6.45, 7) is 3.21. The van der Waals surface area contributed by atoms with Crippen molar-refractivity contribution in [3.63, 3.8) is 0 Å². The number of rotatable bonds is 3. The van der Waals surface area contributed by atoms with E-state index in [-0.39, 0.29) is 5.69 Å². The first-order valence-electron chi connectivity index (χ1n) is 6.97. The number of methoxy groups -OCH3 is 1. The van der Waals surface area contributed by atoms with Gasteiger partial charge in [0.1, 0.15) is 0 Å². The molecular weight excluding hydrogens is 284 g/mol. The summed E-state index contributed by atoms with van der Waals surface area (Å²) in [7, 11) is 1.32. The van der Waals surface area contributed by atoms with Gasteiger partial charge in [-0.1, -0.05) is 0 Å². The highest BCUT2D eigenvalue weighted by molar-refractivity contribution is 5.86. The maximum atomic E-state index is 11.3. The van der Waals surface area contributed by atoms with Crippen molar-refractivity contribution < 1.29 is 9.53 Å². The molecule has 2 aromatic rings. The zero-order valence-corrected chi connectivity index (χ0v) is 12.2. The third-order valence-electron chi connectivity index (χ3n) is 3.48. The number of nitrogens with zero attached hydrogens (tertiary/aromatic N) is 6. The van der Waals surface area contributed by atoms with Crippen LogP contribution in [0.5, 0.6) is 0 Å². The fraction of sp³-hybridized carbons (Fsp3) is 0.357. The van der Waals surface area contributed by atoms with Gasteiger partial charge in [0.2, 0.25) is 5.95 Å². The molecule has 22 heavy (non-hydrogen) atoms. The molecule has 3 heterocycles. The summed E-state index contributed by atoms with van der Waals surface area (Å²) in [5, 5.41) is 7.99. The molecule has 1 saturated heterocycles. The monoisotopic (exact) mass is 300 g/mol. The maximum absolute atomic E-state index is 11.3. The Morgan fingerprint density at radius 1 is 1.05 bits per heavy atom. The van der Waals surface area contributed by atoms with E-state index in [1.165, 1.54) is 7.11 Å². The molecule has 1 fully saturated rings. The van der Waals surface area contributed by atoms with Crippen LogP contribution >= 0.6 is 0 Å². The molecule has 2 aromatic heterocycles. The van der Waals surface area contributed by atoms with Crippen molar-refractivity contribution >= 4 is 17.7 Å². The van der Waals surface area contributed by atoms with Crippen LogP contribution in [0.25, 0.3) is 0 Å². The maximum Gasteiger partial charge on any atom is 0.358 e. The number of hydrogen-bond acceptors (Lipinski definition) is 8. The van der Waals surface area contributed by atoms with Crippen LogP contribution in [-0.2, 0) is 4.74 Å². The lowest BCUT2D eigenvalue weighted by molar-refractivity contribution is 0.0592. The summed E-state index contributed by atoms with van der Waals surface area (Å²) < 4.78 is 4.61. The van der Waals surface area contributed by atoms with Crippen LogP contribution in [0.2, 0.25) is 0 Å². The Labute approximate surface area is 127 Å². The molecule has 0 bridgehead atoms. The van der Waals surface area contributed by atoms with Gasteiger partial charge in [0.25, 0.3) is 0 Å². The second-order valence-corrected chi connectivity index (χ2v) is 4.79. The third kappa shape index (κ3) is 2.95. The number of carbonyl (C=O) groups is 1. The van der Waals surface area contributed by atoms with Crippen molar-refractivity contribution in [2.75, 3.05) is 43.1 Å². The molecular formula is C14H16N6O2. The summed E-state index contributed by atoms with van der Waals surface area (Å²) in [6.07, 6.45) is 3.48. The number of ether oxygens (including phenoxy) is 1. The van der Waals surface area contributed by atoms with Gasteiger partial charge in [-0.2, -0.15) is 0 Å². The van der Waals surface area contributed by atoms with Gasteiger partial charge in [-0.05, 0) is 18.2 Å². The highest BCUT2D eigenvalue weighted by atomic mass is 16.5. The van der Waals surface area contributed by atoms with E-state index >= 15 is 0 Å².